The molecule has 0 aliphatic carbocycles. The van der Waals surface area contributed by atoms with Crippen molar-refractivity contribution < 1.29 is 38.1 Å². The Morgan fingerprint density at radius 2 is 1.49 bits per heavy atom. The predicted molar refractivity (Wildman–Crippen MR) is 132 cm³/mol. The first kappa shape index (κ1) is 32.0. The maximum atomic E-state index is 12.5. The molecule has 0 unspecified atom stereocenters. The number of hydrogen-bond donors (Lipinski definition) is 1. The maximum absolute atomic E-state index is 12.5. The van der Waals surface area contributed by atoms with Crippen molar-refractivity contribution in [3.8, 4) is 0 Å². The molecular weight excluding hydrogens is 456 g/mol. The highest BCUT2D eigenvalue weighted by Crippen LogP contribution is 2.22. The van der Waals surface area contributed by atoms with Crippen LogP contribution in [0.25, 0.3) is 0 Å². The van der Waals surface area contributed by atoms with E-state index in [1.807, 2.05) is 0 Å². The van der Waals surface area contributed by atoms with Crippen LogP contribution in [0.3, 0.4) is 0 Å². The van der Waals surface area contributed by atoms with Gasteiger partial charge in [0.25, 0.3) is 0 Å². The Morgan fingerprint density at radius 3 is 2.00 bits per heavy atom. The number of hydrogen-bond acceptors (Lipinski definition) is 8. The zero-order valence-electron chi connectivity index (χ0n) is 22.1. The second-order valence-corrected chi connectivity index (χ2v) is 8.95. The summed E-state index contributed by atoms with van der Waals surface area (Å²) in [7, 11) is 1.66. The van der Waals surface area contributed by atoms with Crippen LogP contribution in [0.2, 0.25) is 0 Å². The van der Waals surface area contributed by atoms with E-state index in [0.717, 1.165) is 25.7 Å². The third-order valence-electron chi connectivity index (χ3n) is 4.80. The van der Waals surface area contributed by atoms with E-state index in [4.69, 9.17) is 18.9 Å². The first-order valence-corrected chi connectivity index (χ1v) is 11.9. The van der Waals surface area contributed by atoms with Gasteiger partial charge in [0.2, 0.25) is 6.29 Å². The molecule has 0 rings (SSSR count). The van der Waals surface area contributed by atoms with Gasteiger partial charge in [0, 0.05) is 37.7 Å². The quantitative estimate of drug-likeness (QED) is 0.109. The van der Waals surface area contributed by atoms with Gasteiger partial charge >= 0.3 is 24.1 Å². The number of nitrogens with zero attached hydrogens (tertiary/aromatic N) is 1. The fraction of sp³-hybridized carbons (Fsp3) is 0.680. The molecule has 0 saturated heterocycles. The third-order valence-corrected chi connectivity index (χ3v) is 4.80. The van der Waals surface area contributed by atoms with E-state index >= 15 is 0 Å². The van der Waals surface area contributed by atoms with E-state index in [1.54, 1.807) is 27.8 Å². The van der Waals surface area contributed by atoms with Crippen LogP contribution >= 0.6 is 0 Å². The van der Waals surface area contributed by atoms with E-state index in [2.05, 4.69) is 18.5 Å². The Morgan fingerprint density at radius 1 is 0.943 bits per heavy atom. The van der Waals surface area contributed by atoms with Crippen LogP contribution < -0.4 is 5.32 Å². The summed E-state index contributed by atoms with van der Waals surface area (Å²) >= 11 is 0. The minimum atomic E-state index is -1.16. The van der Waals surface area contributed by atoms with E-state index in [0.29, 0.717) is 19.7 Å². The number of alkyl carbamates (subject to hydrolysis) is 1. The first-order chi connectivity index (χ1) is 16.3. The summed E-state index contributed by atoms with van der Waals surface area (Å²) in [5.74, 6) is -1.37. The molecule has 0 radical (unpaired) electrons. The van der Waals surface area contributed by atoms with Gasteiger partial charge in [-0.2, -0.15) is 0 Å². The smallest absolute Gasteiger partial charge is 0.410 e. The van der Waals surface area contributed by atoms with Gasteiger partial charge in [-0.3, -0.25) is 0 Å². The van der Waals surface area contributed by atoms with Gasteiger partial charge in [-0.15, -0.1) is 0 Å². The van der Waals surface area contributed by atoms with Crippen LogP contribution in [-0.2, 0) is 28.5 Å². The number of carbonyl (C=O) groups excluding carboxylic acids is 4. The van der Waals surface area contributed by atoms with Gasteiger partial charge in [-0.25, -0.2) is 19.2 Å². The van der Waals surface area contributed by atoms with Gasteiger partial charge in [0.1, 0.15) is 5.60 Å². The van der Waals surface area contributed by atoms with E-state index in [-0.39, 0.29) is 24.0 Å². The van der Waals surface area contributed by atoms with Crippen molar-refractivity contribution in [2.24, 2.45) is 0 Å². The second-order valence-electron chi connectivity index (χ2n) is 8.95. The van der Waals surface area contributed by atoms with Crippen molar-refractivity contribution in [1.29, 1.82) is 0 Å². The van der Waals surface area contributed by atoms with Crippen molar-refractivity contribution in [3.63, 3.8) is 0 Å². The van der Waals surface area contributed by atoms with Crippen molar-refractivity contribution in [3.05, 3.63) is 24.3 Å². The maximum Gasteiger partial charge on any atom is 0.410 e. The highest BCUT2D eigenvalue weighted by Gasteiger charge is 2.29. The zero-order chi connectivity index (χ0) is 27.0. The topological polar surface area (TPSA) is 120 Å². The van der Waals surface area contributed by atoms with Crippen LogP contribution in [0.4, 0.5) is 9.59 Å². The number of unbranched alkanes of at least 4 members (excludes halogenated alkanes) is 3. The summed E-state index contributed by atoms with van der Waals surface area (Å²) in [6.07, 6.45) is 1.79. The zero-order valence-corrected chi connectivity index (χ0v) is 22.1. The Hall–Kier alpha value is -3.04. The van der Waals surface area contributed by atoms with Gasteiger partial charge < -0.3 is 29.2 Å². The third kappa shape index (κ3) is 15.5. The monoisotopic (exact) mass is 498 g/mol. The number of esters is 2. The van der Waals surface area contributed by atoms with Gasteiger partial charge in [0.15, 0.2) is 0 Å². The molecule has 35 heavy (non-hydrogen) atoms. The van der Waals surface area contributed by atoms with E-state index < -0.39 is 36.0 Å². The van der Waals surface area contributed by atoms with E-state index in [1.165, 1.54) is 18.7 Å². The average molecular weight is 499 g/mol. The molecule has 2 amide bonds. The standard InChI is InChI=1S/C25H42N2O8/c1-9-32-23(30)26-16-12-10-11-13-17-27(8)24(31)35-25(6,7)15-14-20(33-21(28)18(2)3)34-22(29)19(4)5/h20H,2,4,9-17H2,1,3,5-8H3,(H,26,30). The molecule has 0 aromatic heterocycles. The fourth-order valence-corrected chi connectivity index (χ4v) is 2.70. The summed E-state index contributed by atoms with van der Waals surface area (Å²) < 4.78 is 20.8. The minimum absolute atomic E-state index is 0.127. The average Bonchev–Trinajstić information content (AvgIpc) is 2.76. The lowest BCUT2D eigenvalue weighted by atomic mass is 10.0. The molecule has 0 aromatic rings. The fourth-order valence-electron chi connectivity index (χ4n) is 2.70. The molecule has 0 bridgehead atoms. The van der Waals surface area contributed by atoms with Crippen LogP contribution in [0.15, 0.2) is 24.3 Å². The number of amides is 2. The van der Waals surface area contributed by atoms with Crippen molar-refractivity contribution >= 4 is 24.1 Å². The highest BCUT2D eigenvalue weighted by molar-refractivity contribution is 5.88. The molecule has 0 fully saturated rings. The second kappa shape index (κ2) is 16.6. The molecule has 0 saturated carbocycles. The summed E-state index contributed by atoms with van der Waals surface area (Å²) in [5.41, 5.74) is -0.555. The Bertz CT molecular complexity index is 720. The SMILES string of the molecule is C=C(C)C(=O)OC(CCC(C)(C)OC(=O)N(C)CCCCCCNC(=O)OCC)OC(=O)C(=C)C. The number of rotatable bonds is 16. The van der Waals surface area contributed by atoms with Gasteiger partial charge in [0.05, 0.1) is 6.61 Å². The number of carbonyl (C=O) groups is 4. The highest BCUT2D eigenvalue weighted by atomic mass is 16.7. The Kier molecular flexibility index (Phi) is 15.1. The number of ether oxygens (including phenoxy) is 4. The summed E-state index contributed by atoms with van der Waals surface area (Å²) in [6, 6.07) is 0. The molecule has 10 heteroatoms. The largest absolute Gasteiger partial charge is 0.450 e. The molecule has 10 nitrogen and oxygen atoms in total. The van der Waals surface area contributed by atoms with Gasteiger partial charge in [-0.05, 0) is 53.9 Å². The van der Waals surface area contributed by atoms with Crippen LogP contribution in [0.5, 0.6) is 0 Å². The molecule has 0 aliphatic heterocycles. The molecule has 0 atom stereocenters. The molecule has 200 valence electrons. The normalized spacial score (nSPS) is 10.8. The van der Waals surface area contributed by atoms with Crippen LogP contribution in [-0.4, -0.2) is 67.7 Å². The molecule has 0 aliphatic rings. The molecule has 0 aromatic carbocycles. The van der Waals surface area contributed by atoms with Crippen LogP contribution in [0, 0.1) is 0 Å². The summed E-state index contributed by atoms with van der Waals surface area (Å²) in [4.78, 5) is 49.0. The molecule has 0 heterocycles. The number of nitrogens with one attached hydrogen (secondary N) is 1. The lowest BCUT2D eigenvalue weighted by molar-refractivity contribution is -0.185. The Labute approximate surface area is 209 Å². The predicted octanol–water partition coefficient (Wildman–Crippen LogP) is 4.48. The van der Waals surface area contributed by atoms with Gasteiger partial charge in [-0.1, -0.05) is 26.0 Å². The molecule has 0 spiro atoms. The first-order valence-electron chi connectivity index (χ1n) is 11.9. The van der Waals surface area contributed by atoms with Crippen molar-refractivity contribution in [1.82, 2.24) is 10.2 Å². The summed E-state index contributed by atoms with van der Waals surface area (Å²) in [6.45, 7) is 16.6. The summed E-state index contributed by atoms with van der Waals surface area (Å²) in [5, 5.41) is 2.67. The Balaban J connectivity index is 4.49. The molecular formula is C25H42N2O8. The lowest BCUT2D eigenvalue weighted by Gasteiger charge is -2.29. The van der Waals surface area contributed by atoms with E-state index in [9.17, 15) is 19.2 Å². The minimum Gasteiger partial charge on any atom is -0.450 e. The van der Waals surface area contributed by atoms with Crippen molar-refractivity contribution in [2.75, 3.05) is 26.7 Å². The lowest BCUT2D eigenvalue weighted by Crippen LogP contribution is -2.37. The van der Waals surface area contributed by atoms with Crippen LogP contribution in [0.1, 0.15) is 73.1 Å². The molecule has 1 N–H and O–H groups in total. The van der Waals surface area contributed by atoms with Crippen molar-refractivity contribution in [2.45, 2.75) is 85.0 Å².